The summed E-state index contributed by atoms with van der Waals surface area (Å²) in [4.78, 5) is 0. The molecular formula is C6H13BrMgN2. The van der Waals surface area contributed by atoms with Crippen LogP contribution in [-0.2, 0) is 0 Å². The van der Waals surface area contributed by atoms with Crippen molar-refractivity contribution in [1.29, 1.82) is 0 Å². The maximum atomic E-state index is 3.49. The van der Waals surface area contributed by atoms with E-state index in [9.17, 15) is 0 Å². The topological polar surface area (TPSA) is 15.3 Å². The van der Waals surface area contributed by atoms with Crippen molar-refractivity contribution < 1.29 is 2.85 Å². The first-order chi connectivity index (χ1) is 4.01. The third-order valence-electron chi connectivity index (χ3n) is 1.40. The van der Waals surface area contributed by atoms with Gasteiger partial charge in [0.05, 0.1) is 0 Å². The molecule has 0 saturated carbocycles. The molecule has 0 saturated heterocycles. The van der Waals surface area contributed by atoms with Crippen molar-refractivity contribution in [3.8, 4) is 0 Å². The zero-order chi connectivity index (χ0) is 7.07. The molecule has 1 unspecified atom stereocenters. The summed E-state index contributed by atoms with van der Waals surface area (Å²) in [6.45, 7) is 4.14. The third-order valence-corrected chi connectivity index (χ3v) is 1.80. The van der Waals surface area contributed by atoms with E-state index in [2.05, 4.69) is 41.3 Å². The second kappa shape index (κ2) is 3.43. The van der Waals surface area contributed by atoms with Gasteiger partial charge in [-0.05, 0) is 19.9 Å². The Bertz CT molecular complexity index is 164. The van der Waals surface area contributed by atoms with Gasteiger partial charge in [-0.15, -0.1) is 0 Å². The van der Waals surface area contributed by atoms with Crippen LogP contribution < -0.4 is 5.43 Å². The Hall–Kier alpha value is 0.746. The van der Waals surface area contributed by atoms with Gasteiger partial charge in [0.25, 0.3) is 0 Å². The van der Waals surface area contributed by atoms with Gasteiger partial charge in [0.1, 0.15) is 4.45 Å². The average Bonchev–Trinajstić information content (AvgIpc) is 1.79. The van der Waals surface area contributed by atoms with Crippen LogP contribution in [0.1, 0.15) is 16.7 Å². The number of halogens is 1. The van der Waals surface area contributed by atoms with Crippen LogP contribution in [0.5, 0.6) is 0 Å². The number of alkyl halides is 1. The van der Waals surface area contributed by atoms with Crippen molar-refractivity contribution in [2.45, 2.75) is 18.3 Å². The molecular weight excluding hydrogens is 204 g/mol. The molecule has 4 heteroatoms. The Morgan fingerprint density at radius 2 is 2.30 bits per heavy atom. The molecule has 10 heavy (non-hydrogen) atoms. The first-order valence-electron chi connectivity index (χ1n) is 2.91. The quantitative estimate of drug-likeness (QED) is 0.374. The fraction of sp³-hybridized carbons (Fsp3) is 0.667. The summed E-state index contributed by atoms with van der Waals surface area (Å²) in [5.41, 5.74) is 4.45. The van der Waals surface area contributed by atoms with E-state index < -0.39 is 0 Å². The predicted molar refractivity (Wildman–Crippen MR) is 50.0 cm³/mol. The molecule has 1 atom stereocenters. The van der Waals surface area contributed by atoms with Crippen LogP contribution in [0, 0.1) is 0 Å². The number of allylic oxidation sites excluding steroid dienone is 1. The number of hydrogen-bond donors (Lipinski definition) is 1. The fourth-order valence-corrected chi connectivity index (χ4v) is 1.53. The number of rotatable bonds is 0. The molecule has 1 heterocycles. The SMILES string of the molecule is CC1=CC(C)(Br)NN1C.[H-].[H-].[Mg+2]. The molecule has 1 rings (SSSR count). The van der Waals surface area contributed by atoms with Crippen LogP contribution >= 0.6 is 15.9 Å². The Morgan fingerprint density at radius 1 is 1.80 bits per heavy atom. The van der Waals surface area contributed by atoms with Gasteiger partial charge in [0.2, 0.25) is 0 Å². The van der Waals surface area contributed by atoms with Gasteiger partial charge in [0, 0.05) is 12.7 Å². The van der Waals surface area contributed by atoms with Gasteiger partial charge in [-0.2, -0.15) is 0 Å². The maximum Gasteiger partial charge on any atom is 2.00 e. The molecule has 0 aliphatic carbocycles. The summed E-state index contributed by atoms with van der Waals surface area (Å²) in [5, 5.41) is 1.99. The molecule has 0 aromatic heterocycles. The van der Waals surface area contributed by atoms with Crippen LogP contribution in [0.25, 0.3) is 0 Å². The maximum absolute atomic E-state index is 3.49. The Balaban J connectivity index is -0.000000270. The summed E-state index contributed by atoms with van der Waals surface area (Å²) in [6.07, 6.45) is 2.13. The summed E-state index contributed by atoms with van der Waals surface area (Å²) >= 11 is 3.49. The van der Waals surface area contributed by atoms with Crippen molar-refractivity contribution in [2.24, 2.45) is 0 Å². The van der Waals surface area contributed by atoms with Crippen molar-refractivity contribution in [1.82, 2.24) is 10.4 Å². The van der Waals surface area contributed by atoms with Gasteiger partial charge < -0.3 is 7.86 Å². The van der Waals surface area contributed by atoms with E-state index in [-0.39, 0.29) is 30.4 Å². The van der Waals surface area contributed by atoms with Crippen molar-refractivity contribution in [2.75, 3.05) is 7.05 Å². The van der Waals surface area contributed by atoms with E-state index in [1.807, 2.05) is 12.1 Å². The first kappa shape index (κ1) is 10.7. The molecule has 1 aliphatic rings. The number of nitrogens with one attached hydrogen (secondary N) is 1. The van der Waals surface area contributed by atoms with Crippen molar-refractivity contribution >= 4 is 39.0 Å². The second-order valence-electron chi connectivity index (χ2n) is 2.53. The summed E-state index contributed by atoms with van der Waals surface area (Å²) in [6, 6.07) is 0. The minimum Gasteiger partial charge on any atom is -1.00 e. The molecule has 2 nitrogen and oxygen atoms in total. The van der Waals surface area contributed by atoms with Crippen LogP contribution in [0.15, 0.2) is 11.8 Å². The van der Waals surface area contributed by atoms with E-state index in [0.29, 0.717) is 0 Å². The summed E-state index contributed by atoms with van der Waals surface area (Å²) in [5.74, 6) is 0. The Labute approximate surface area is 89.3 Å². The third kappa shape index (κ3) is 2.41. The standard InChI is InChI=1S/C6H11BrN2.Mg.2H/c1-5-4-6(2,7)8-9(5)3;;;/h4,8H,1-3H3;;;/q;+2;2*-1. The van der Waals surface area contributed by atoms with Crippen LogP contribution in [-0.4, -0.2) is 39.6 Å². The number of hydrogen-bond acceptors (Lipinski definition) is 2. The summed E-state index contributed by atoms with van der Waals surface area (Å²) in [7, 11) is 2.00. The Kier molecular flexibility index (Phi) is 3.68. The minimum absolute atomic E-state index is 0. The van der Waals surface area contributed by atoms with E-state index in [1.54, 1.807) is 0 Å². The van der Waals surface area contributed by atoms with Crippen molar-refractivity contribution in [3.05, 3.63) is 11.8 Å². The molecule has 1 aliphatic heterocycles. The van der Waals surface area contributed by atoms with Crippen LogP contribution in [0.2, 0.25) is 0 Å². The van der Waals surface area contributed by atoms with Crippen LogP contribution in [0.4, 0.5) is 0 Å². The molecule has 1 N–H and O–H groups in total. The second-order valence-corrected chi connectivity index (χ2v) is 4.18. The van der Waals surface area contributed by atoms with Gasteiger partial charge in [-0.1, -0.05) is 15.9 Å². The molecule has 0 radical (unpaired) electrons. The van der Waals surface area contributed by atoms with Gasteiger partial charge >= 0.3 is 23.1 Å². The molecule has 0 fully saturated rings. The monoisotopic (exact) mass is 216 g/mol. The molecule has 0 aromatic carbocycles. The molecule has 0 bridgehead atoms. The molecule has 56 valence electrons. The zero-order valence-corrected chi connectivity index (χ0v) is 9.61. The Morgan fingerprint density at radius 3 is 2.40 bits per heavy atom. The van der Waals surface area contributed by atoms with Crippen LogP contribution in [0.3, 0.4) is 0 Å². The van der Waals surface area contributed by atoms with Gasteiger partial charge in [-0.3, -0.25) is 0 Å². The largest absolute Gasteiger partial charge is 2.00 e. The van der Waals surface area contributed by atoms with Gasteiger partial charge in [0.15, 0.2) is 0 Å². The molecule has 0 spiro atoms. The predicted octanol–water partition coefficient (Wildman–Crippen LogP) is 1.30. The minimum atomic E-state index is -0.0359. The van der Waals surface area contributed by atoms with Crippen molar-refractivity contribution in [3.63, 3.8) is 0 Å². The smallest absolute Gasteiger partial charge is 1.00 e. The number of hydrazine groups is 1. The van der Waals surface area contributed by atoms with E-state index in [0.717, 1.165) is 0 Å². The van der Waals surface area contributed by atoms with E-state index >= 15 is 0 Å². The zero-order valence-electron chi connectivity index (χ0n) is 8.61. The van der Waals surface area contributed by atoms with E-state index in [1.165, 1.54) is 5.70 Å². The summed E-state index contributed by atoms with van der Waals surface area (Å²) < 4.78 is -0.0359. The fourth-order valence-electron chi connectivity index (χ4n) is 0.937. The average molecular weight is 217 g/mol. The normalized spacial score (nSPS) is 31.6. The van der Waals surface area contributed by atoms with Gasteiger partial charge in [-0.25, -0.2) is 5.43 Å². The number of nitrogens with zero attached hydrogens (tertiary/aromatic N) is 1. The van der Waals surface area contributed by atoms with E-state index in [4.69, 9.17) is 0 Å². The first-order valence-corrected chi connectivity index (χ1v) is 3.70. The molecule has 0 amide bonds. The molecule has 0 aromatic rings.